The summed E-state index contributed by atoms with van der Waals surface area (Å²) in [4.78, 5) is 16.3. The molecule has 0 radical (unpaired) electrons. The van der Waals surface area contributed by atoms with Gasteiger partial charge in [0.2, 0.25) is 5.88 Å². The standard InChI is InChI=1S/C25H35N5O2/c1-4-17(2)24(28-16-26)19-7-9-20(10-8-19)32-25-21-6-5-11-27-22(21)14-23(29-25)30-12-13-31-18(3)15-30/h5-6,11,14,16,18-20H,4,7-10,12-13,15H2,1-3H3,(H2,26,28)/b24-17+. The average molecular weight is 438 g/mol. The highest BCUT2D eigenvalue weighted by atomic mass is 16.5. The summed E-state index contributed by atoms with van der Waals surface area (Å²) < 4.78 is 12.2. The number of anilines is 1. The maximum Gasteiger partial charge on any atom is 0.225 e. The Kier molecular flexibility index (Phi) is 7.25. The second kappa shape index (κ2) is 10.3. The van der Waals surface area contributed by atoms with Gasteiger partial charge in [0.05, 0.1) is 30.0 Å². The Morgan fingerprint density at radius 1 is 1.34 bits per heavy atom. The fourth-order valence-electron chi connectivity index (χ4n) is 4.75. The lowest BCUT2D eigenvalue weighted by molar-refractivity contribution is 0.0528. The van der Waals surface area contributed by atoms with Crippen LogP contribution in [0.4, 0.5) is 5.82 Å². The first-order valence-electron chi connectivity index (χ1n) is 11.8. The molecule has 0 amide bonds. The van der Waals surface area contributed by atoms with Gasteiger partial charge in [0.25, 0.3) is 0 Å². The van der Waals surface area contributed by atoms with Crippen LogP contribution in [-0.4, -0.2) is 48.2 Å². The topological polar surface area (TPSA) is 85.9 Å². The summed E-state index contributed by atoms with van der Waals surface area (Å²) in [5.41, 5.74) is 9.02. The van der Waals surface area contributed by atoms with Crippen molar-refractivity contribution in [1.29, 1.82) is 0 Å². The van der Waals surface area contributed by atoms with E-state index in [0.717, 1.165) is 67.6 Å². The zero-order valence-corrected chi connectivity index (χ0v) is 19.5. The van der Waals surface area contributed by atoms with Crippen LogP contribution < -0.4 is 15.4 Å². The van der Waals surface area contributed by atoms with Crippen molar-refractivity contribution in [1.82, 2.24) is 9.97 Å². The number of fused-ring (bicyclic) bond motifs is 1. The van der Waals surface area contributed by atoms with Gasteiger partial charge in [-0.2, -0.15) is 4.98 Å². The molecular weight excluding hydrogens is 402 g/mol. The van der Waals surface area contributed by atoms with Crippen LogP contribution in [0.1, 0.15) is 52.9 Å². The molecule has 3 heterocycles. The lowest BCUT2D eigenvalue weighted by atomic mass is 9.83. The molecule has 1 unspecified atom stereocenters. The minimum Gasteiger partial charge on any atom is -0.474 e. The number of hydrogen-bond donors (Lipinski definition) is 1. The van der Waals surface area contributed by atoms with Crippen LogP contribution in [0.3, 0.4) is 0 Å². The number of nitrogens with two attached hydrogens (primary N) is 1. The molecule has 7 nitrogen and oxygen atoms in total. The van der Waals surface area contributed by atoms with Crippen molar-refractivity contribution in [3.05, 3.63) is 35.7 Å². The van der Waals surface area contributed by atoms with Crippen LogP contribution in [0.5, 0.6) is 5.88 Å². The van der Waals surface area contributed by atoms with Crippen molar-refractivity contribution >= 4 is 23.1 Å². The Morgan fingerprint density at radius 3 is 2.88 bits per heavy atom. The largest absolute Gasteiger partial charge is 0.474 e. The predicted molar refractivity (Wildman–Crippen MR) is 129 cm³/mol. The number of allylic oxidation sites excluding steroid dienone is 2. The van der Waals surface area contributed by atoms with Crippen molar-refractivity contribution in [2.45, 2.75) is 65.1 Å². The van der Waals surface area contributed by atoms with Crippen molar-refractivity contribution < 1.29 is 9.47 Å². The van der Waals surface area contributed by atoms with Crippen molar-refractivity contribution in [2.75, 3.05) is 24.6 Å². The summed E-state index contributed by atoms with van der Waals surface area (Å²) >= 11 is 0. The molecule has 2 aromatic heterocycles. The zero-order chi connectivity index (χ0) is 22.5. The third-order valence-corrected chi connectivity index (χ3v) is 6.64. The van der Waals surface area contributed by atoms with Crippen LogP contribution in [0.25, 0.3) is 10.9 Å². The summed E-state index contributed by atoms with van der Waals surface area (Å²) in [7, 11) is 0. The van der Waals surface area contributed by atoms with Gasteiger partial charge in [-0.05, 0) is 58.1 Å². The average Bonchev–Trinajstić information content (AvgIpc) is 2.82. The molecule has 32 heavy (non-hydrogen) atoms. The van der Waals surface area contributed by atoms with Gasteiger partial charge in [-0.1, -0.05) is 12.5 Å². The van der Waals surface area contributed by atoms with Gasteiger partial charge < -0.3 is 20.1 Å². The van der Waals surface area contributed by atoms with Crippen LogP contribution in [0, 0.1) is 5.92 Å². The Bertz CT molecular complexity index is 981. The summed E-state index contributed by atoms with van der Waals surface area (Å²) in [6.45, 7) is 8.78. The van der Waals surface area contributed by atoms with Crippen molar-refractivity contribution in [3.63, 3.8) is 0 Å². The van der Waals surface area contributed by atoms with Crippen LogP contribution in [-0.2, 0) is 4.74 Å². The molecule has 2 aromatic rings. The second-order valence-electron chi connectivity index (χ2n) is 8.87. The highest BCUT2D eigenvalue weighted by Gasteiger charge is 2.27. The molecule has 2 fully saturated rings. The van der Waals surface area contributed by atoms with E-state index < -0.39 is 0 Å². The van der Waals surface area contributed by atoms with E-state index in [1.54, 1.807) is 0 Å². The fraction of sp³-hybridized carbons (Fsp3) is 0.560. The van der Waals surface area contributed by atoms with E-state index in [0.29, 0.717) is 18.4 Å². The molecule has 2 aliphatic rings. The third-order valence-electron chi connectivity index (χ3n) is 6.64. The van der Waals surface area contributed by atoms with E-state index in [-0.39, 0.29) is 12.2 Å². The number of rotatable bonds is 6. The van der Waals surface area contributed by atoms with Crippen molar-refractivity contribution in [3.8, 4) is 5.88 Å². The number of hydrogen-bond acceptors (Lipinski definition) is 6. The van der Waals surface area contributed by atoms with E-state index in [1.807, 2.05) is 18.3 Å². The highest BCUT2D eigenvalue weighted by molar-refractivity contribution is 5.85. The quantitative estimate of drug-likeness (QED) is 0.530. The lowest BCUT2D eigenvalue weighted by Crippen LogP contribution is -2.41. The van der Waals surface area contributed by atoms with E-state index in [1.165, 1.54) is 11.9 Å². The molecule has 0 bridgehead atoms. The van der Waals surface area contributed by atoms with Crippen LogP contribution >= 0.6 is 0 Å². The molecule has 0 spiro atoms. The molecule has 1 saturated heterocycles. The van der Waals surface area contributed by atoms with E-state index in [9.17, 15) is 0 Å². The summed E-state index contributed by atoms with van der Waals surface area (Å²) in [6.07, 6.45) is 8.64. The fourth-order valence-corrected chi connectivity index (χ4v) is 4.75. The van der Waals surface area contributed by atoms with Gasteiger partial charge in [0.1, 0.15) is 11.9 Å². The number of ether oxygens (including phenoxy) is 2. The third kappa shape index (κ3) is 5.04. The Hall–Kier alpha value is -2.67. The Balaban J connectivity index is 1.52. The van der Waals surface area contributed by atoms with Gasteiger partial charge in [-0.3, -0.25) is 4.98 Å². The lowest BCUT2D eigenvalue weighted by Gasteiger charge is -2.33. The molecule has 4 rings (SSSR count). The minimum absolute atomic E-state index is 0.144. The highest BCUT2D eigenvalue weighted by Crippen LogP contribution is 2.36. The van der Waals surface area contributed by atoms with E-state index >= 15 is 0 Å². The maximum absolute atomic E-state index is 6.51. The molecule has 1 aliphatic carbocycles. The van der Waals surface area contributed by atoms with Crippen LogP contribution in [0.2, 0.25) is 0 Å². The number of morpholine rings is 1. The van der Waals surface area contributed by atoms with Gasteiger partial charge in [0.15, 0.2) is 0 Å². The van der Waals surface area contributed by atoms with Gasteiger partial charge >= 0.3 is 0 Å². The number of aliphatic imine (C=N–C) groups is 1. The number of aromatic nitrogens is 2. The molecular formula is C25H35N5O2. The number of nitrogens with zero attached hydrogens (tertiary/aromatic N) is 4. The molecule has 7 heteroatoms. The first-order chi connectivity index (χ1) is 15.6. The maximum atomic E-state index is 6.51. The normalized spacial score (nSPS) is 25.2. The summed E-state index contributed by atoms with van der Waals surface area (Å²) in [5, 5.41) is 0.967. The first kappa shape index (κ1) is 22.5. The molecule has 0 aromatic carbocycles. The van der Waals surface area contributed by atoms with Gasteiger partial charge in [-0.15, -0.1) is 0 Å². The monoisotopic (exact) mass is 437 g/mol. The Labute approximate surface area is 190 Å². The molecule has 1 atom stereocenters. The van der Waals surface area contributed by atoms with Crippen LogP contribution in [0.15, 0.2) is 40.7 Å². The van der Waals surface area contributed by atoms with Gasteiger partial charge in [0, 0.05) is 37.0 Å². The predicted octanol–water partition coefficient (Wildman–Crippen LogP) is 4.46. The molecule has 1 saturated carbocycles. The number of pyridine rings is 2. The van der Waals surface area contributed by atoms with E-state index in [2.05, 4.69) is 41.7 Å². The van der Waals surface area contributed by atoms with E-state index in [4.69, 9.17) is 20.2 Å². The molecule has 1 aliphatic heterocycles. The smallest absolute Gasteiger partial charge is 0.225 e. The van der Waals surface area contributed by atoms with Crippen molar-refractivity contribution in [2.24, 2.45) is 16.6 Å². The molecule has 2 N–H and O–H groups in total. The Morgan fingerprint density at radius 2 is 2.16 bits per heavy atom. The summed E-state index contributed by atoms with van der Waals surface area (Å²) in [5.74, 6) is 2.05. The van der Waals surface area contributed by atoms with Gasteiger partial charge in [-0.25, -0.2) is 4.99 Å². The second-order valence-corrected chi connectivity index (χ2v) is 8.87. The summed E-state index contributed by atoms with van der Waals surface area (Å²) in [6, 6.07) is 6.05. The molecule has 172 valence electrons. The first-order valence-corrected chi connectivity index (χ1v) is 11.8. The minimum atomic E-state index is 0.144. The zero-order valence-electron chi connectivity index (χ0n) is 19.5. The SMILES string of the molecule is CC/C(C)=C(/N=CN)C1CCC(Oc2nc(N3CCOC(C)C3)cc3ncccc23)CC1.